The topological polar surface area (TPSA) is 88.9 Å². The van der Waals surface area contributed by atoms with E-state index in [-0.39, 0.29) is 23.9 Å². The lowest BCUT2D eigenvalue weighted by atomic mass is 9.94. The Labute approximate surface area is 140 Å². The summed E-state index contributed by atoms with van der Waals surface area (Å²) in [7, 11) is 1.83. The molecule has 0 radical (unpaired) electrons. The molecule has 7 heteroatoms. The molecule has 24 heavy (non-hydrogen) atoms. The zero-order valence-electron chi connectivity index (χ0n) is 13.8. The van der Waals surface area contributed by atoms with Gasteiger partial charge in [0.1, 0.15) is 0 Å². The normalized spacial score (nSPS) is 20.5. The Kier molecular flexibility index (Phi) is 4.59. The molecule has 0 bridgehead atoms. The number of rotatable bonds is 4. The summed E-state index contributed by atoms with van der Waals surface area (Å²) >= 11 is 0. The Morgan fingerprint density at radius 3 is 2.96 bits per heavy atom. The van der Waals surface area contributed by atoms with Crippen molar-refractivity contribution in [1.82, 2.24) is 25.4 Å². The first-order valence-electron chi connectivity index (χ1n) is 8.11. The molecule has 0 saturated carbocycles. The largest absolute Gasteiger partial charge is 0.347 e. The summed E-state index contributed by atoms with van der Waals surface area (Å²) < 4.78 is 1.72. The van der Waals surface area contributed by atoms with Crippen molar-refractivity contribution in [3.63, 3.8) is 0 Å². The highest BCUT2D eigenvalue weighted by atomic mass is 16.2. The van der Waals surface area contributed by atoms with Gasteiger partial charge in [0.05, 0.1) is 17.8 Å². The van der Waals surface area contributed by atoms with E-state index in [2.05, 4.69) is 20.7 Å². The molecule has 2 atom stereocenters. The number of carbonyl (C=O) groups excluding carboxylic acids is 2. The van der Waals surface area contributed by atoms with Crippen LogP contribution in [-0.4, -0.2) is 32.6 Å². The third-order valence-corrected chi connectivity index (χ3v) is 4.42. The van der Waals surface area contributed by atoms with Crippen LogP contribution in [0.15, 0.2) is 30.7 Å². The molecule has 0 aromatic carbocycles. The van der Waals surface area contributed by atoms with Gasteiger partial charge < -0.3 is 10.6 Å². The monoisotopic (exact) mass is 327 g/mol. The third-order valence-electron chi connectivity index (χ3n) is 4.42. The van der Waals surface area contributed by atoms with E-state index in [1.54, 1.807) is 29.3 Å². The lowest BCUT2D eigenvalue weighted by Gasteiger charge is -2.33. The van der Waals surface area contributed by atoms with Gasteiger partial charge >= 0.3 is 0 Å². The maximum Gasteiger partial charge on any atom is 0.251 e. The van der Waals surface area contributed by atoms with Crippen LogP contribution in [0.25, 0.3) is 0 Å². The summed E-state index contributed by atoms with van der Waals surface area (Å²) in [6, 6.07) is 3.13. The van der Waals surface area contributed by atoms with Crippen molar-refractivity contribution in [3.05, 3.63) is 47.5 Å². The fourth-order valence-electron chi connectivity index (χ4n) is 3.10. The molecule has 1 saturated heterocycles. The number of pyridine rings is 1. The van der Waals surface area contributed by atoms with Gasteiger partial charge in [-0.15, -0.1) is 0 Å². The van der Waals surface area contributed by atoms with Crippen molar-refractivity contribution in [1.29, 1.82) is 0 Å². The average Bonchev–Trinajstić information content (AvgIpc) is 3.02. The number of nitrogens with zero attached hydrogens (tertiary/aromatic N) is 3. The molecule has 1 aliphatic heterocycles. The zero-order valence-corrected chi connectivity index (χ0v) is 13.8. The van der Waals surface area contributed by atoms with Gasteiger partial charge in [0, 0.05) is 37.6 Å². The Hall–Kier alpha value is -2.70. The second-order valence-corrected chi connectivity index (χ2v) is 5.93. The van der Waals surface area contributed by atoms with Crippen LogP contribution in [0.4, 0.5) is 0 Å². The molecule has 2 aromatic heterocycles. The molecule has 3 heterocycles. The van der Waals surface area contributed by atoms with E-state index in [0.29, 0.717) is 18.4 Å². The van der Waals surface area contributed by atoms with E-state index in [9.17, 15) is 9.59 Å². The first kappa shape index (κ1) is 16.2. The smallest absolute Gasteiger partial charge is 0.251 e. The number of piperidine rings is 1. The van der Waals surface area contributed by atoms with Crippen molar-refractivity contribution >= 4 is 11.8 Å². The number of hydrogen-bond acceptors (Lipinski definition) is 4. The Balaban J connectivity index is 1.83. The minimum Gasteiger partial charge on any atom is -0.347 e. The van der Waals surface area contributed by atoms with Gasteiger partial charge in [-0.3, -0.25) is 19.3 Å². The Morgan fingerprint density at radius 1 is 1.42 bits per heavy atom. The number of carbonyl (C=O) groups is 2. The third kappa shape index (κ3) is 3.15. The molecule has 1 aliphatic rings. The molecular formula is C17H21N5O2. The van der Waals surface area contributed by atoms with Crippen LogP contribution in [0.5, 0.6) is 0 Å². The second kappa shape index (κ2) is 6.82. The van der Waals surface area contributed by atoms with Gasteiger partial charge in [-0.05, 0) is 30.5 Å². The Bertz CT molecular complexity index is 755. The Morgan fingerprint density at radius 2 is 2.25 bits per heavy atom. The van der Waals surface area contributed by atoms with Gasteiger partial charge in [-0.1, -0.05) is 6.92 Å². The van der Waals surface area contributed by atoms with E-state index < -0.39 is 0 Å². The highest BCUT2D eigenvalue weighted by molar-refractivity contribution is 5.96. The zero-order chi connectivity index (χ0) is 17.1. The van der Waals surface area contributed by atoms with Gasteiger partial charge in [0.25, 0.3) is 5.91 Å². The molecule has 2 N–H and O–H groups in total. The predicted octanol–water partition coefficient (Wildman–Crippen LogP) is 1.13. The van der Waals surface area contributed by atoms with E-state index in [1.165, 1.54) is 0 Å². The SMILES string of the molecule is CCc1cnccc1C(=O)N[C@@H]1CCC(=O)N[C@H]1c1ccnn1C. The summed E-state index contributed by atoms with van der Waals surface area (Å²) in [4.78, 5) is 28.6. The molecule has 0 unspecified atom stereocenters. The highest BCUT2D eigenvalue weighted by Gasteiger charge is 2.33. The maximum atomic E-state index is 12.7. The van der Waals surface area contributed by atoms with Crippen LogP contribution >= 0.6 is 0 Å². The van der Waals surface area contributed by atoms with Gasteiger partial charge in [0.15, 0.2) is 0 Å². The fraction of sp³-hybridized carbons (Fsp3) is 0.412. The average molecular weight is 327 g/mol. The molecule has 7 nitrogen and oxygen atoms in total. The van der Waals surface area contributed by atoms with Crippen molar-refractivity contribution in [2.75, 3.05) is 0 Å². The number of aromatic nitrogens is 3. The molecule has 3 rings (SSSR count). The van der Waals surface area contributed by atoms with Gasteiger partial charge in [-0.25, -0.2) is 0 Å². The lowest BCUT2D eigenvalue weighted by Crippen LogP contribution is -2.50. The van der Waals surface area contributed by atoms with E-state index in [0.717, 1.165) is 17.7 Å². The second-order valence-electron chi connectivity index (χ2n) is 5.93. The number of aryl methyl sites for hydroxylation is 2. The molecule has 2 aromatic rings. The lowest BCUT2D eigenvalue weighted by molar-refractivity contribution is -0.123. The van der Waals surface area contributed by atoms with Crippen LogP contribution in [0, 0.1) is 0 Å². The molecule has 0 spiro atoms. The summed E-state index contributed by atoms with van der Waals surface area (Å²) in [6.07, 6.45) is 6.76. The van der Waals surface area contributed by atoms with Crippen LogP contribution in [-0.2, 0) is 18.3 Å². The molecule has 2 amide bonds. The summed E-state index contributed by atoms with van der Waals surface area (Å²) in [6.45, 7) is 1.99. The van der Waals surface area contributed by atoms with Crippen molar-refractivity contribution in [2.45, 2.75) is 38.3 Å². The number of amides is 2. The minimum atomic E-state index is -0.283. The molecule has 1 fully saturated rings. The highest BCUT2D eigenvalue weighted by Crippen LogP contribution is 2.24. The van der Waals surface area contributed by atoms with Crippen molar-refractivity contribution in [3.8, 4) is 0 Å². The minimum absolute atomic E-state index is 0.00939. The first-order valence-corrected chi connectivity index (χ1v) is 8.11. The molecular weight excluding hydrogens is 306 g/mol. The number of hydrogen-bond donors (Lipinski definition) is 2. The standard InChI is InChI=1S/C17H21N5O2/c1-3-11-10-18-8-6-12(11)17(24)20-13-4-5-15(23)21-16(13)14-7-9-19-22(14)2/h6-10,13,16H,3-5H2,1-2H3,(H,20,24)(H,21,23)/t13-,16-/m1/s1. The summed E-state index contributed by atoms with van der Waals surface area (Å²) in [5.74, 6) is -0.146. The van der Waals surface area contributed by atoms with Gasteiger partial charge in [0.2, 0.25) is 5.91 Å². The summed E-state index contributed by atoms with van der Waals surface area (Å²) in [5, 5.41) is 10.2. The van der Waals surface area contributed by atoms with E-state index >= 15 is 0 Å². The fourth-order valence-corrected chi connectivity index (χ4v) is 3.10. The van der Waals surface area contributed by atoms with E-state index in [4.69, 9.17) is 0 Å². The van der Waals surface area contributed by atoms with Gasteiger partial charge in [-0.2, -0.15) is 5.10 Å². The molecule has 126 valence electrons. The van der Waals surface area contributed by atoms with Crippen molar-refractivity contribution < 1.29 is 9.59 Å². The van der Waals surface area contributed by atoms with E-state index in [1.807, 2.05) is 20.0 Å². The summed E-state index contributed by atoms with van der Waals surface area (Å²) in [5.41, 5.74) is 2.42. The predicted molar refractivity (Wildman–Crippen MR) is 88.2 cm³/mol. The van der Waals surface area contributed by atoms with Crippen LogP contribution in [0.2, 0.25) is 0 Å². The number of nitrogens with one attached hydrogen (secondary N) is 2. The van der Waals surface area contributed by atoms with Crippen molar-refractivity contribution in [2.24, 2.45) is 7.05 Å². The van der Waals surface area contributed by atoms with Crippen LogP contribution in [0.3, 0.4) is 0 Å². The van der Waals surface area contributed by atoms with Crippen LogP contribution in [0.1, 0.15) is 47.4 Å². The maximum absolute atomic E-state index is 12.7. The van der Waals surface area contributed by atoms with Crippen LogP contribution < -0.4 is 10.6 Å². The quantitative estimate of drug-likeness (QED) is 0.881. The first-order chi connectivity index (χ1) is 11.6. The molecule has 0 aliphatic carbocycles.